The fraction of sp³-hybridized carbons (Fsp3) is 0.304. The summed E-state index contributed by atoms with van der Waals surface area (Å²) in [6, 6.07) is 12.1. The summed E-state index contributed by atoms with van der Waals surface area (Å²) in [6.45, 7) is 2.40. The minimum Gasteiger partial charge on any atom is -0.494 e. The van der Waals surface area contributed by atoms with Gasteiger partial charge in [-0.05, 0) is 67.4 Å². The molecular formula is C23H26FN3O3. The molecular weight excluding hydrogens is 385 g/mol. The van der Waals surface area contributed by atoms with Crippen LogP contribution in [-0.2, 0) is 16.1 Å². The number of carbonyl (C=O) groups excluding carboxylic acids is 2. The topological polar surface area (TPSA) is 84.7 Å². The monoisotopic (exact) mass is 411 g/mol. The van der Waals surface area contributed by atoms with E-state index in [-0.39, 0.29) is 23.5 Å². The van der Waals surface area contributed by atoms with Gasteiger partial charge in [0, 0.05) is 24.2 Å². The number of anilines is 1. The number of benzene rings is 2. The van der Waals surface area contributed by atoms with Gasteiger partial charge in [-0.3, -0.25) is 14.5 Å². The Kier molecular flexibility index (Phi) is 7.19. The molecule has 3 N–H and O–H groups in total. The SMILES string of the molecule is COc1ccc(C=CC(=O)Nc2cccc(CN3CCC(C(N)=O)CC3)c2)cc1F. The van der Waals surface area contributed by atoms with E-state index in [1.165, 1.54) is 25.3 Å². The molecule has 158 valence electrons. The van der Waals surface area contributed by atoms with Crippen LogP contribution in [0.15, 0.2) is 48.5 Å². The van der Waals surface area contributed by atoms with E-state index in [0.717, 1.165) is 38.0 Å². The van der Waals surface area contributed by atoms with Gasteiger partial charge < -0.3 is 15.8 Å². The van der Waals surface area contributed by atoms with Gasteiger partial charge in [-0.15, -0.1) is 0 Å². The van der Waals surface area contributed by atoms with Crippen LogP contribution in [0.5, 0.6) is 5.75 Å². The van der Waals surface area contributed by atoms with Gasteiger partial charge in [-0.1, -0.05) is 18.2 Å². The van der Waals surface area contributed by atoms with Crippen molar-refractivity contribution in [2.24, 2.45) is 11.7 Å². The van der Waals surface area contributed by atoms with Crippen molar-refractivity contribution in [2.75, 3.05) is 25.5 Å². The lowest BCUT2D eigenvalue weighted by molar-refractivity contribution is -0.123. The smallest absolute Gasteiger partial charge is 0.248 e. The molecule has 1 aliphatic heterocycles. The summed E-state index contributed by atoms with van der Waals surface area (Å²) >= 11 is 0. The molecule has 1 aliphatic rings. The summed E-state index contributed by atoms with van der Waals surface area (Å²) in [5.41, 5.74) is 7.72. The molecule has 2 aromatic rings. The first kappa shape index (κ1) is 21.5. The van der Waals surface area contributed by atoms with Crippen LogP contribution in [0.2, 0.25) is 0 Å². The van der Waals surface area contributed by atoms with Crippen molar-refractivity contribution in [1.29, 1.82) is 0 Å². The highest BCUT2D eigenvalue weighted by atomic mass is 19.1. The van der Waals surface area contributed by atoms with Gasteiger partial charge in [-0.25, -0.2) is 4.39 Å². The number of halogens is 1. The second kappa shape index (κ2) is 10.0. The highest BCUT2D eigenvalue weighted by Crippen LogP contribution is 2.20. The molecule has 2 amide bonds. The third kappa shape index (κ3) is 5.90. The van der Waals surface area contributed by atoms with E-state index in [1.807, 2.05) is 24.3 Å². The Morgan fingerprint density at radius 2 is 2.00 bits per heavy atom. The van der Waals surface area contributed by atoms with Crippen molar-refractivity contribution >= 4 is 23.6 Å². The molecule has 1 fully saturated rings. The van der Waals surface area contributed by atoms with Crippen LogP contribution in [0.25, 0.3) is 6.08 Å². The summed E-state index contributed by atoms with van der Waals surface area (Å²) in [5.74, 6) is -0.867. The van der Waals surface area contributed by atoms with Crippen LogP contribution in [-0.4, -0.2) is 36.9 Å². The average molecular weight is 411 g/mol. The molecule has 1 heterocycles. The van der Waals surface area contributed by atoms with Crippen molar-refractivity contribution in [3.05, 3.63) is 65.5 Å². The highest BCUT2D eigenvalue weighted by molar-refractivity contribution is 6.01. The van der Waals surface area contributed by atoms with Crippen LogP contribution in [0.1, 0.15) is 24.0 Å². The lowest BCUT2D eigenvalue weighted by Crippen LogP contribution is -2.38. The zero-order chi connectivity index (χ0) is 21.5. The maximum Gasteiger partial charge on any atom is 0.248 e. The number of piperidine rings is 1. The number of nitrogens with one attached hydrogen (secondary N) is 1. The van der Waals surface area contributed by atoms with E-state index in [2.05, 4.69) is 10.2 Å². The Hall–Kier alpha value is -3.19. The molecule has 0 saturated carbocycles. The zero-order valence-electron chi connectivity index (χ0n) is 16.9. The Morgan fingerprint density at radius 3 is 2.67 bits per heavy atom. The number of rotatable bonds is 7. The predicted molar refractivity (Wildman–Crippen MR) is 114 cm³/mol. The normalized spacial score (nSPS) is 15.3. The number of nitrogens with zero attached hydrogens (tertiary/aromatic N) is 1. The minimum absolute atomic E-state index is 0.0298. The average Bonchev–Trinajstić information content (AvgIpc) is 2.73. The second-order valence-electron chi connectivity index (χ2n) is 7.37. The molecule has 3 rings (SSSR count). The van der Waals surface area contributed by atoms with E-state index < -0.39 is 5.82 Å². The molecule has 0 spiro atoms. The first-order valence-corrected chi connectivity index (χ1v) is 9.88. The molecule has 0 atom stereocenters. The van der Waals surface area contributed by atoms with Crippen LogP contribution in [0.3, 0.4) is 0 Å². The fourth-order valence-electron chi connectivity index (χ4n) is 3.52. The van der Waals surface area contributed by atoms with E-state index in [4.69, 9.17) is 10.5 Å². The van der Waals surface area contributed by atoms with Crippen molar-refractivity contribution < 1.29 is 18.7 Å². The summed E-state index contributed by atoms with van der Waals surface area (Å²) in [4.78, 5) is 25.8. The van der Waals surface area contributed by atoms with Gasteiger partial charge in [-0.2, -0.15) is 0 Å². The lowest BCUT2D eigenvalue weighted by Gasteiger charge is -2.30. The number of amides is 2. The van der Waals surface area contributed by atoms with E-state index in [9.17, 15) is 14.0 Å². The number of likely N-dealkylation sites (tertiary alicyclic amines) is 1. The van der Waals surface area contributed by atoms with Crippen molar-refractivity contribution in [1.82, 2.24) is 4.90 Å². The summed E-state index contributed by atoms with van der Waals surface area (Å²) in [6.07, 6.45) is 4.47. The van der Waals surface area contributed by atoms with Gasteiger partial charge in [0.2, 0.25) is 11.8 Å². The maximum atomic E-state index is 13.7. The van der Waals surface area contributed by atoms with E-state index >= 15 is 0 Å². The van der Waals surface area contributed by atoms with Crippen molar-refractivity contribution in [2.45, 2.75) is 19.4 Å². The number of carbonyl (C=O) groups is 2. The Balaban J connectivity index is 1.55. The minimum atomic E-state index is -0.479. The quantitative estimate of drug-likeness (QED) is 0.686. The number of methoxy groups -OCH3 is 1. The molecule has 0 unspecified atom stereocenters. The molecule has 7 heteroatoms. The molecule has 6 nitrogen and oxygen atoms in total. The third-order valence-corrected chi connectivity index (χ3v) is 5.19. The summed E-state index contributed by atoms with van der Waals surface area (Å²) in [7, 11) is 1.40. The third-order valence-electron chi connectivity index (χ3n) is 5.19. The first-order valence-electron chi connectivity index (χ1n) is 9.88. The standard InChI is InChI=1S/C23H26FN3O3/c1-30-21-7-5-16(14-20(21)24)6-8-22(28)26-19-4-2-3-17(13-19)15-27-11-9-18(10-12-27)23(25)29/h2-8,13-14,18H,9-12,15H2,1H3,(H2,25,29)(H,26,28). The fourth-order valence-corrected chi connectivity index (χ4v) is 3.52. The Morgan fingerprint density at radius 1 is 1.23 bits per heavy atom. The highest BCUT2D eigenvalue weighted by Gasteiger charge is 2.22. The number of hydrogen-bond donors (Lipinski definition) is 2. The lowest BCUT2D eigenvalue weighted by atomic mass is 9.96. The van der Waals surface area contributed by atoms with Crippen molar-refractivity contribution in [3.63, 3.8) is 0 Å². The van der Waals surface area contributed by atoms with Gasteiger partial charge >= 0.3 is 0 Å². The number of nitrogens with two attached hydrogens (primary N) is 1. The molecule has 0 aliphatic carbocycles. The molecule has 2 aromatic carbocycles. The van der Waals surface area contributed by atoms with E-state index in [1.54, 1.807) is 12.1 Å². The number of ether oxygens (including phenoxy) is 1. The maximum absolute atomic E-state index is 13.7. The van der Waals surface area contributed by atoms with Gasteiger partial charge in [0.25, 0.3) is 0 Å². The molecule has 0 bridgehead atoms. The second-order valence-corrected chi connectivity index (χ2v) is 7.37. The number of primary amides is 1. The first-order chi connectivity index (χ1) is 14.4. The van der Waals surface area contributed by atoms with Crippen LogP contribution in [0.4, 0.5) is 10.1 Å². The van der Waals surface area contributed by atoms with Gasteiger partial charge in [0.05, 0.1) is 7.11 Å². The van der Waals surface area contributed by atoms with Gasteiger partial charge in [0.15, 0.2) is 11.6 Å². The predicted octanol–water partition coefficient (Wildman–Crippen LogP) is 3.18. The van der Waals surface area contributed by atoms with E-state index in [0.29, 0.717) is 11.3 Å². The summed E-state index contributed by atoms with van der Waals surface area (Å²) < 4.78 is 18.6. The van der Waals surface area contributed by atoms with Crippen molar-refractivity contribution in [3.8, 4) is 5.75 Å². The Bertz CT molecular complexity index is 937. The summed E-state index contributed by atoms with van der Waals surface area (Å²) in [5, 5.41) is 2.83. The molecule has 0 radical (unpaired) electrons. The molecule has 0 aromatic heterocycles. The van der Waals surface area contributed by atoms with Gasteiger partial charge in [0.1, 0.15) is 0 Å². The number of hydrogen-bond acceptors (Lipinski definition) is 4. The molecule has 30 heavy (non-hydrogen) atoms. The molecule has 1 saturated heterocycles. The van der Waals surface area contributed by atoms with Crippen LogP contribution >= 0.6 is 0 Å². The zero-order valence-corrected chi connectivity index (χ0v) is 16.9. The largest absolute Gasteiger partial charge is 0.494 e. The van der Waals surface area contributed by atoms with Crippen LogP contribution < -0.4 is 15.8 Å². The Labute approximate surface area is 175 Å². The van der Waals surface area contributed by atoms with Crippen LogP contribution in [0, 0.1) is 11.7 Å².